The van der Waals surface area contributed by atoms with Crippen LogP contribution in [0.4, 0.5) is 5.69 Å². The van der Waals surface area contributed by atoms with Crippen molar-refractivity contribution in [1.82, 2.24) is 10.6 Å². The number of nitrogens with two attached hydrogens (primary N) is 1. The number of carbonyl (C=O) groups excluding carboxylic acids is 2. The molecule has 0 saturated heterocycles. The third kappa shape index (κ3) is 5.12. The number of amides is 2. The van der Waals surface area contributed by atoms with Crippen molar-refractivity contribution in [3.63, 3.8) is 0 Å². The van der Waals surface area contributed by atoms with Crippen LogP contribution in [0, 0.1) is 11.3 Å². The van der Waals surface area contributed by atoms with Gasteiger partial charge in [0.15, 0.2) is 0 Å². The van der Waals surface area contributed by atoms with Gasteiger partial charge in [-0.2, -0.15) is 5.26 Å². The minimum Gasteiger partial charge on any atom is -0.399 e. The number of anilines is 1. The second kappa shape index (κ2) is 9.71. The number of hydrogen-bond donors (Lipinski definition) is 3. The lowest BCUT2D eigenvalue weighted by atomic mass is 9.98. The molecule has 3 rings (SSSR count). The highest BCUT2D eigenvalue weighted by Crippen LogP contribution is 2.22. The molecule has 3 aromatic carbocycles. The van der Waals surface area contributed by atoms with Crippen LogP contribution in [0.15, 0.2) is 96.7 Å². The van der Waals surface area contributed by atoms with Gasteiger partial charge in [-0.15, -0.1) is 0 Å². The van der Waals surface area contributed by atoms with Gasteiger partial charge in [0.25, 0.3) is 11.8 Å². The highest BCUT2D eigenvalue weighted by atomic mass is 16.2. The van der Waals surface area contributed by atoms with Crippen LogP contribution in [0.2, 0.25) is 0 Å². The third-order valence-electron chi connectivity index (χ3n) is 4.43. The lowest BCUT2D eigenvalue weighted by Gasteiger charge is -2.19. The molecule has 3 aromatic rings. The van der Waals surface area contributed by atoms with Crippen LogP contribution in [-0.4, -0.2) is 11.8 Å². The summed E-state index contributed by atoms with van der Waals surface area (Å²) in [5.74, 6) is -1.04. The van der Waals surface area contributed by atoms with E-state index in [1.54, 1.807) is 24.3 Å². The Balaban J connectivity index is 1.78. The first-order valence-electron chi connectivity index (χ1n) is 9.26. The quantitative estimate of drug-likeness (QED) is 0.337. The predicted octanol–water partition coefficient (Wildman–Crippen LogP) is 3.31. The van der Waals surface area contributed by atoms with Gasteiger partial charge in [0.2, 0.25) is 0 Å². The zero-order chi connectivity index (χ0) is 21.3. The second-order valence-electron chi connectivity index (χ2n) is 6.49. The van der Waals surface area contributed by atoms with E-state index in [1.807, 2.05) is 66.7 Å². The fourth-order valence-corrected chi connectivity index (χ4v) is 2.86. The fourth-order valence-electron chi connectivity index (χ4n) is 2.86. The van der Waals surface area contributed by atoms with Gasteiger partial charge in [0.05, 0.1) is 6.04 Å². The van der Waals surface area contributed by atoms with E-state index in [-0.39, 0.29) is 5.57 Å². The van der Waals surface area contributed by atoms with Gasteiger partial charge in [-0.25, -0.2) is 0 Å². The topological polar surface area (TPSA) is 108 Å². The molecule has 30 heavy (non-hydrogen) atoms. The predicted molar refractivity (Wildman–Crippen MR) is 115 cm³/mol. The average molecular weight is 396 g/mol. The van der Waals surface area contributed by atoms with Crippen molar-refractivity contribution in [3.05, 3.63) is 113 Å². The van der Waals surface area contributed by atoms with Crippen LogP contribution in [-0.2, 0) is 4.79 Å². The zero-order valence-electron chi connectivity index (χ0n) is 16.1. The maximum absolute atomic E-state index is 12.8. The molecule has 0 saturated carbocycles. The second-order valence-corrected chi connectivity index (χ2v) is 6.49. The molecule has 2 amide bonds. The van der Waals surface area contributed by atoms with E-state index in [9.17, 15) is 14.9 Å². The summed E-state index contributed by atoms with van der Waals surface area (Å²) in [6.07, 6.45) is 1.11. The summed E-state index contributed by atoms with van der Waals surface area (Å²) in [6.45, 7) is 0. The van der Waals surface area contributed by atoms with Crippen molar-refractivity contribution in [2.24, 2.45) is 0 Å². The number of nitrogens with one attached hydrogen (secondary N) is 2. The number of carbonyl (C=O) groups is 2. The molecule has 6 heteroatoms. The molecule has 0 aliphatic rings. The molecule has 0 radical (unpaired) electrons. The standard InChI is InChI=1S/C24H20N4O2/c25-15-20(16-27-23(29)19-11-13-21(26)14-12-19)24(30)28-22(17-7-3-1-4-8-17)18-9-5-2-6-10-18/h1-14,16,22H,26H2,(H,27,29)(H,28,30)/b20-16-. The molecule has 0 aromatic heterocycles. The van der Waals surface area contributed by atoms with Gasteiger partial charge in [-0.1, -0.05) is 60.7 Å². The van der Waals surface area contributed by atoms with Crippen molar-refractivity contribution in [1.29, 1.82) is 5.26 Å². The van der Waals surface area contributed by atoms with E-state index in [4.69, 9.17) is 5.73 Å². The maximum atomic E-state index is 12.8. The first-order valence-corrected chi connectivity index (χ1v) is 9.26. The Morgan fingerprint density at radius 3 is 1.90 bits per heavy atom. The Bertz CT molecular complexity index is 1050. The molecule has 6 nitrogen and oxygen atoms in total. The van der Waals surface area contributed by atoms with Crippen LogP contribution < -0.4 is 16.4 Å². The smallest absolute Gasteiger partial charge is 0.264 e. The molecule has 0 heterocycles. The normalized spacial score (nSPS) is 10.9. The summed E-state index contributed by atoms with van der Waals surface area (Å²) in [5.41, 5.74) is 8.05. The van der Waals surface area contributed by atoms with Crippen LogP contribution in [0.25, 0.3) is 0 Å². The summed E-state index contributed by atoms with van der Waals surface area (Å²) < 4.78 is 0. The lowest BCUT2D eigenvalue weighted by molar-refractivity contribution is -0.117. The minimum absolute atomic E-state index is 0.212. The number of nitrogens with zero attached hydrogens (tertiary/aromatic N) is 1. The first-order chi connectivity index (χ1) is 14.6. The average Bonchev–Trinajstić information content (AvgIpc) is 2.79. The van der Waals surface area contributed by atoms with Crippen molar-refractivity contribution >= 4 is 17.5 Å². The number of nitrogen functional groups attached to an aromatic ring is 1. The maximum Gasteiger partial charge on any atom is 0.264 e. The molecule has 0 bridgehead atoms. The van der Waals surface area contributed by atoms with Crippen LogP contribution in [0.3, 0.4) is 0 Å². The molecular formula is C24H20N4O2. The fraction of sp³-hybridized carbons (Fsp3) is 0.0417. The molecule has 0 spiro atoms. The lowest BCUT2D eigenvalue weighted by Crippen LogP contribution is -2.31. The summed E-state index contributed by atoms with van der Waals surface area (Å²) in [4.78, 5) is 25.0. The third-order valence-corrected chi connectivity index (χ3v) is 4.43. The summed E-state index contributed by atoms with van der Waals surface area (Å²) >= 11 is 0. The summed E-state index contributed by atoms with van der Waals surface area (Å²) in [7, 11) is 0. The molecule has 0 fully saturated rings. The molecule has 0 aliphatic carbocycles. The van der Waals surface area contributed by atoms with E-state index in [0.717, 1.165) is 17.3 Å². The monoisotopic (exact) mass is 396 g/mol. The Morgan fingerprint density at radius 2 is 1.40 bits per heavy atom. The Kier molecular flexibility index (Phi) is 6.59. The van der Waals surface area contributed by atoms with Crippen LogP contribution >= 0.6 is 0 Å². The van der Waals surface area contributed by atoms with Gasteiger partial charge < -0.3 is 16.4 Å². The molecule has 0 atom stereocenters. The Hall–Kier alpha value is -4.37. The van der Waals surface area contributed by atoms with Crippen molar-refractivity contribution in [2.45, 2.75) is 6.04 Å². The molecule has 0 unspecified atom stereocenters. The first kappa shape index (κ1) is 20.4. The van der Waals surface area contributed by atoms with Crippen LogP contribution in [0.5, 0.6) is 0 Å². The molecule has 0 aliphatic heterocycles. The molecular weight excluding hydrogens is 376 g/mol. The van der Waals surface area contributed by atoms with E-state index < -0.39 is 17.9 Å². The Morgan fingerprint density at radius 1 is 0.867 bits per heavy atom. The van der Waals surface area contributed by atoms with Crippen molar-refractivity contribution in [3.8, 4) is 6.07 Å². The number of hydrogen-bond acceptors (Lipinski definition) is 4. The molecule has 4 N–H and O–H groups in total. The van der Waals surface area contributed by atoms with Gasteiger partial charge in [-0.3, -0.25) is 9.59 Å². The van der Waals surface area contributed by atoms with Gasteiger partial charge in [-0.05, 0) is 35.4 Å². The SMILES string of the molecule is N#C/C(=C/NC(=O)c1ccc(N)cc1)C(=O)NC(c1ccccc1)c1ccccc1. The van der Waals surface area contributed by atoms with Crippen LogP contribution in [0.1, 0.15) is 27.5 Å². The minimum atomic E-state index is -0.590. The number of nitriles is 1. The van der Waals surface area contributed by atoms with Crippen molar-refractivity contribution < 1.29 is 9.59 Å². The highest BCUT2D eigenvalue weighted by Gasteiger charge is 2.19. The summed E-state index contributed by atoms with van der Waals surface area (Å²) in [6, 6.07) is 26.6. The Labute approximate surface area is 174 Å². The van der Waals surface area contributed by atoms with Gasteiger partial charge >= 0.3 is 0 Å². The van der Waals surface area contributed by atoms with Crippen molar-refractivity contribution in [2.75, 3.05) is 5.73 Å². The number of rotatable bonds is 6. The van der Waals surface area contributed by atoms with Gasteiger partial charge in [0.1, 0.15) is 11.6 Å². The van der Waals surface area contributed by atoms with E-state index in [0.29, 0.717) is 11.3 Å². The summed E-state index contributed by atoms with van der Waals surface area (Å²) in [5, 5.41) is 14.8. The number of benzene rings is 3. The largest absolute Gasteiger partial charge is 0.399 e. The highest BCUT2D eigenvalue weighted by molar-refractivity contribution is 6.00. The van der Waals surface area contributed by atoms with E-state index in [2.05, 4.69) is 10.6 Å². The van der Waals surface area contributed by atoms with E-state index in [1.165, 1.54) is 0 Å². The molecule has 148 valence electrons. The van der Waals surface area contributed by atoms with Gasteiger partial charge in [0, 0.05) is 17.5 Å². The zero-order valence-corrected chi connectivity index (χ0v) is 16.1. The van der Waals surface area contributed by atoms with E-state index >= 15 is 0 Å².